The van der Waals surface area contributed by atoms with E-state index < -0.39 is 0 Å². The second-order valence-corrected chi connectivity index (χ2v) is 8.11. The maximum absolute atomic E-state index is 12.4. The lowest BCUT2D eigenvalue weighted by Crippen LogP contribution is -2.24. The zero-order valence-corrected chi connectivity index (χ0v) is 16.5. The first kappa shape index (κ1) is 19.5. The molecule has 0 spiro atoms. The van der Waals surface area contributed by atoms with Crippen LogP contribution in [0.15, 0.2) is 53.4 Å². The van der Waals surface area contributed by atoms with E-state index >= 15 is 0 Å². The molecule has 142 valence electrons. The molecule has 0 radical (unpaired) electrons. The van der Waals surface area contributed by atoms with E-state index in [1.165, 1.54) is 18.2 Å². The van der Waals surface area contributed by atoms with Gasteiger partial charge in [0.05, 0.1) is 5.75 Å². The van der Waals surface area contributed by atoms with Gasteiger partial charge in [-0.15, -0.1) is 11.8 Å². The lowest BCUT2D eigenvalue weighted by molar-refractivity contribution is -0.120. The Kier molecular flexibility index (Phi) is 6.93. The van der Waals surface area contributed by atoms with Crippen molar-refractivity contribution in [3.63, 3.8) is 0 Å². The maximum atomic E-state index is 12.4. The molecule has 2 aromatic carbocycles. The number of hydrogen-bond donors (Lipinski definition) is 2. The van der Waals surface area contributed by atoms with E-state index in [0.29, 0.717) is 5.75 Å². The van der Waals surface area contributed by atoms with E-state index in [-0.39, 0.29) is 17.7 Å². The van der Waals surface area contributed by atoms with Crippen molar-refractivity contribution in [3.8, 4) is 0 Å². The van der Waals surface area contributed by atoms with E-state index in [9.17, 15) is 9.59 Å². The van der Waals surface area contributed by atoms with Crippen molar-refractivity contribution in [2.45, 2.75) is 43.9 Å². The van der Waals surface area contributed by atoms with Crippen molar-refractivity contribution in [1.29, 1.82) is 0 Å². The highest BCUT2D eigenvalue weighted by atomic mass is 32.2. The molecule has 1 aliphatic rings. The second-order valence-electron chi connectivity index (χ2n) is 7.06. The number of benzene rings is 2. The average molecular weight is 383 g/mol. The molecule has 27 heavy (non-hydrogen) atoms. The van der Waals surface area contributed by atoms with Gasteiger partial charge in [0.2, 0.25) is 11.8 Å². The summed E-state index contributed by atoms with van der Waals surface area (Å²) in [5.74, 6) is 0.542. The Hall–Kier alpha value is -2.27. The molecule has 4 nitrogen and oxygen atoms in total. The summed E-state index contributed by atoms with van der Waals surface area (Å²) in [7, 11) is 0. The Labute approximate surface area is 165 Å². The van der Waals surface area contributed by atoms with Gasteiger partial charge in [-0.25, -0.2) is 0 Å². The molecule has 0 bridgehead atoms. The monoisotopic (exact) mass is 382 g/mol. The third-order valence-corrected chi connectivity index (χ3v) is 5.74. The lowest BCUT2D eigenvalue weighted by atomic mass is 9.88. The van der Waals surface area contributed by atoms with E-state index in [4.69, 9.17) is 0 Å². The van der Waals surface area contributed by atoms with Crippen molar-refractivity contribution in [3.05, 3.63) is 54.1 Å². The Morgan fingerprint density at radius 2 is 1.67 bits per heavy atom. The minimum atomic E-state index is -0.0396. The SMILES string of the molecule is Cc1cccc(NC(=O)CSc2cccc(NC(=O)C3CCCCC3)c2)c1. The molecule has 0 aromatic heterocycles. The summed E-state index contributed by atoms with van der Waals surface area (Å²) in [6.45, 7) is 2.00. The molecule has 0 atom stereocenters. The topological polar surface area (TPSA) is 58.2 Å². The van der Waals surface area contributed by atoms with Crippen molar-refractivity contribution in [2.75, 3.05) is 16.4 Å². The molecular weight excluding hydrogens is 356 g/mol. The number of nitrogens with one attached hydrogen (secondary N) is 2. The molecule has 2 N–H and O–H groups in total. The highest BCUT2D eigenvalue weighted by Crippen LogP contribution is 2.26. The van der Waals surface area contributed by atoms with Crippen LogP contribution in [0.5, 0.6) is 0 Å². The standard InChI is InChI=1S/C22H26N2O2S/c1-16-7-5-10-18(13-16)23-21(25)15-27-20-12-6-11-19(14-20)24-22(26)17-8-3-2-4-9-17/h5-7,10-14,17H,2-4,8-9,15H2,1H3,(H,23,25)(H,24,26). The number of amides is 2. The fourth-order valence-electron chi connectivity index (χ4n) is 3.34. The minimum absolute atomic E-state index is 0.0396. The van der Waals surface area contributed by atoms with Gasteiger partial charge < -0.3 is 10.6 Å². The Bertz CT molecular complexity index is 800. The third-order valence-electron chi connectivity index (χ3n) is 4.75. The van der Waals surface area contributed by atoms with Crippen LogP contribution in [-0.2, 0) is 9.59 Å². The number of anilines is 2. The van der Waals surface area contributed by atoms with Crippen LogP contribution in [-0.4, -0.2) is 17.6 Å². The lowest BCUT2D eigenvalue weighted by Gasteiger charge is -2.20. The number of thioether (sulfide) groups is 1. The third kappa shape index (κ3) is 6.14. The number of hydrogen-bond acceptors (Lipinski definition) is 3. The quantitative estimate of drug-likeness (QED) is 0.671. The molecule has 0 saturated heterocycles. The molecule has 2 amide bonds. The molecular formula is C22H26N2O2S. The largest absolute Gasteiger partial charge is 0.326 e. The maximum Gasteiger partial charge on any atom is 0.234 e. The van der Waals surface area contributed by atoms with E-state index in [1.54, 1.807) is 0 Å². The highest BCUT2D eigenvalue weighted by molar-refractivity contribution is 8.00. The van der Waals surface area contributed by atoms with Crippen LogP contribution in [0.2, 0.25) is 0 Å². The Morgan fingerprint density at radius 3 is 2.41 bits per heavy atom. The van der Waals surface area contributed by atoms with Gasteiger partial charge in [0, 0.05) is 22.2 Å². The van der Waals surface area contributed by atoms with Gasteiger partial charge in [-0.05, 0) is 55.7 Å². The fraction of sp³-hybridized carbons (Fsp3) is 0.364. The van der Waals surface area contributed by atoms with Gasteiger partial charge in [-0.3, -0.25) is 9.59 Å². The number of aryl methyl sites for hydroxylation is 1. The predicted octanol–water partition coefficient (Wildman–Crippen LogP) is 5.24. The Balaban J connectivity index is 1.51. The minimum Gasteiger partial charge on any atom is -0.326 e. The predicted molar refractivity (Wildman–Crippen MR) is 112 cm³/mol. The highest BCUT2D eigenvalue weighted by Gasteiger charge is 2.21. The smallest absolute Gasteiger partial charge is 0.234 e. The van der Waals surface area contributed by atoms with Crippen LogP contribution < -0.4 is 10.6 Å². The van der Waals surface area contributed by atoms with Crippen LogP contribution in [0, 0.1) is 12.8 Å². The zero-order valence-electron chi connectivity index (χ0n) is 15.7. The van der Waals surface area contributed by atoms with Gasteiger partial charge in [-0.1, -0.05) is 37.5 Å². The van der Waals surface area contributed by atoms with Crippen molar-refractivity contribution >= 4 is 35.0 Å². The van der Waals surface area contributed by atoms with E-state index in [0.717, 1.165) is 47.5 Å². The Morgan fingerprint density at radius 1 is 0.963 bits per heavy atom. The van der Waals surface area contributed by atoms with Crippen LogP contribution in [0.4, 0.5) is 11.4 Å². The first-order valence-electron chi connectivity index (χ1n) is 9.50. The normalized spacial score (nSPS) is 14.6. The van der Waals surface area contributed by atoms with Crippen molar-refractivity contribution in [1.82, 2.24) is 0 Å². The van der Waals surface area contributed by atoms with Gasteiger partial charge in [0.15, 0.2) is 0 Å². The second kappa shape index (κ2) is 9.60. The summed E-state index contributed by atoms with van der Waals surface area (Å²) in [6.07, 6.45) is 5.49. The molecule has 3 rings (SSSR count). The van der Waals surface area contributed by atoms with Gasteiger partial charge in [0.1, 0.15) is 0 Å². The van der Waals surface area contributed by atoms with Crippen LogP contribution in [0.1, 0.15) is 37.7 Å². The van der Waals surface area contributed by atoms with Crippen molar-refractivity contribution < 1.29 is 9.59 Å². The summed E-state index contributed by atoms with van der Waals surface area (Å²) in [4.78, 5) is 25.5. The van der Waals surface area contributed by atoms with Gasteiger partial charge >= 0.3 is 0 Å². The van der Waals surface area contributed by atoms with E-state index in [1.807, 2.05) is 55.5 Å². The van der Waals surface area contributed by atoms with Gasteiger partial charge in [-0.2, -0.15) is 0 Å². The number of carbonyl (C=O) groups is 2. The van der Waals surface area contributed by atoms with Crippen LogP contribution in [0.3, 0.4) is 0 Å². The van der Waals surface area contributed by atoms with Crippen LogP contribution in [0.25, 0.3) is 0 Å². The number of carbonyl (C=O) groups excluding carboxylic acids is 2. The summed E-state index contributed by atoms with van der Waals surface area (Å²) >= 11 is 1.47. The molecule has 1 fully saturated rings. The first-order valence-corrected chi connectivity index (χ1v) is 10.5. The first-order chi connectivity index (χ1) is 13.1. The average Bonchev–Trinajstić information content (AvgIpc) is 2.67. The molecule has 5 heteroatoms. The van der Waals surface area contributed by atoms with Crippen molar-refractivity contribution in [2.24, 2.45) is 5.92 Å². The van der Waals surface area contributed by atoms with Crippen LogP contribution >= 0.6 is 11.8 Å². The number of rotatable bonds is 6. The zero-order chi connectivity index (χ0) is 19.1. The molecule has 2 aromatic rings. The molecule has 1 aliphatic carbocycles. The molecule has 0 aliphatic heterocycles. The summed E-state index contributed by atoms with van der Waals surface area (Å²) in [6, 6.07) is 15.5. The summed E-state index contributed by atoms with van der Waals surface area (Å²) < 4.78 is 0. The molecule has 0 heterocycles. The molecule has 1 saturated carbocycles. The summed E-state index contributed by atoms with van der Waals surface area (Å²) in [5, 5.41) is 5.95. The molecule has 0 unspecified atom stereocenters. The van der Waals surface area contributed by atoms with E-state index in [2.05, 4.69) is 10.6 Å². The summed E-state index contributed by atoms with van der Waals surface area (Å²) in [5.41, 5.74) is 2.73. The fourth-order valence-corrected chi connectivity index (χ4v) is 4.10. The van der Waals surface area contributed by atoms with Gasteiger partial charge in [0.25, 0.3) is 0 Å².